The van der Waals surface area contributed by atoms with Gasteiger partial charge < -0.3 is 19.0 Å². The summed E-state index contributed by atoms with van der Waals surface area (Å²) in [6.07, 6.45) is 15.0. The molecular weight excluding hydrogens is 327 g/mol. The van der Waals surface area contributed by atoms with E-state index in [2.05, 4.69) is 16.2 Å². The summed E-state index contributed by atoms with van der Waals surface area (Å²) in [6, 6.07) is 0. The largest absolute Gasteiger partial charge is 0.469 e. The standard InChI is InChI=1S/C15H30O2.C3H9O3P/c1-3-4-5-6-7-8-9-10-11-12-13-14-15(16)17-2;1-3(2)6-7(4)5/h3-14H2,1-2H3;3-5H,1-2H3. The van der Waals surface area contributed by atoms with Crippen molar-refractivity contribution in [3.05, 3.63) is 0 Å². The average molecular weight is 366 g/mol. The van der Waals surface area contributed by atoms with Gasteiger partial charge in [0.15, 0.2) is 0 Å². The minimum Gasteiger partial charge on any atom is -0.469 e. The van der Waals surface area contributed by atoms with Crippen molar-refractivity contribution in [3.8, 4) is 0 Å². The Morgan fingerprint density at radius 2 is 1.29 bits per heavy atom. The highest BCUT2D eigenvalue weighted by atomic mass is 31.2. The van der Waals surface area contributed by atoms with E-state index in [1.165, 1.54) is 71.3 Å². The number of carbonyl (C=O) groups is 1. The van der Waals surface area contributed by atoms with E-state index < -0.39 is 8.60 Å². The normalized spacial score (nSPS) is 10.7. The van der Waals surface area contributed by atoms with Crippen molar-refractivity contribution < 1.29 is 23.8 Å². The Labute approximate surface area is 150 Å². The molecule has 0 spiro atoms. The fourth-order valence-corrected chi connectivity index (χ4v) is 2.60. The minimum atomic E-state index is -2.14. The van der Waals surface area contributed by atoms with E-state index >= 15 is 0 Å². The van der Waals surface area contributed by atoms with Crippen LogP contribution in [0, 0.1) is 0 Å². The highest BCUT2D eigenvalue weighted by Crippen LogP contribution is 2.25. The van der Waals surface area contributed by atoms with Gasteiger partial charge in [-0.1, -0.05) is 71.1 Å². The Hall–Kier alpha value is -0.220. The molecule has 0 aromatic rings. The maximum atomic E-state index is 10.8. The number of rotatable bonds is 14. The molecule has 0 saturated carbocycles. The van der Waals surface area contributed by atoms with E-state index in [1.54, 1.807) is 13.8 Å². The fourth-order valence-electron chi connectivity index (χ4n) is 2.22. The van der Waals surface area contributed by atoms with Crippen molar-refractivity contribution in [3.63, 3.8) is 0 Å². The number of ether oxygens (including phenoxy) is 1. The molecule has 0 rings (SSSR count). The Kier molecular flexibility index (Phi) is 22.6. The van der Waals surface area contributed by atoms with E-state index in [-0.39, 0.29) is 12.1 Å². The second-order valence-corrected chi connectivity index (χ2v) is 6.98. The molecule has 6 heteroatoms. The number of hydrogen-bond acceptors (Lipinski definition) is 5. The Balaban J connectivity index is 0. The van der Waals surface area contributed by atoms with Gasteiger partial charge in [-0.25, -0.2) is 0 Å². The Morgan fingerprint density at radius 1 is 0.875 bits per heavy atom. The monoisotopic (exact) mass is 366 g/mol. The smallest absolute Gasteiger partial charge is 0.327 e. The zero-order valence-electron chi connectivity index (χ0n) is 16.1. The summed E-state index contributed by atoms with van der Waals surface area (Å²) in [5, 5.41) is 0. The molecule has 0 aliphatic carbocycles. The highest BCUT2D eigenvalue weighted by Gasteiger charge is 2.00. The average Bonchev–Trinajstić information content (AvgIpc) is 2.51. The summed E-state index contributed by atoms with van der Waals surface area (Å²) < 4.78 is 9.03. The number of carbonyl (C=O) groups excluding carboxylic acids is 1. The van der Waals surface area contributed by atoms with Crippen LogP contribution in [-0.4, -0.2) is 29.0 Å². The van der Waals surface area contributed by atoms with Crippen molar-refractivity contribution >= 4 is 14.6 Å². The van der Waals surface area contributed by atoms with Gasteiger partial charge in [-0.2, -0.15) is 0 Å². The van der Waals surface area contributed by atoms with Crippen LogP contribution in [0.2, 0.25) is 0 Å². The van der Waals surface area contributed by atoms with Gasteiger partial charge in [0, 0.05) is 6.42 Å². The Morgan fingerprint density at radius 3 is 1.58 bits per heavy atom. The first-order chi connectivity index (χ1) is 11.4. The quantitative estimate of drug-likeness (QED) is 0.242. The van der Waals surface area contributed by atoms with Gasteiger partial charge in [0.25, 0.3) is 0 Å². The molecule has 0 atom stereocenters. The van der Waals surface area contributed by atoms with Crippen molar-refractivity contribution in [1.29, 1.82) is 0 Å². The molecule has 24 heavy (non-hydrogen) atoms. The lowest BCUT2D eigenvalue weighted by atomic mass is 10.1. The van der Waals surface area contributed by atoms with Crippen LogP contribution in [0.5, 0.6) is 0 Å². The van der Waals surface area contributed by atoms with Crippen molar-refractivity contribution in [2.24, 2.45) is 0 Å². The number of hydrogen-bond donors (Lipinski definition) is 2. The van der Waals surface area contributed by atoms with Crippen LogP contribution in [0.1, 0.15) is 97.8 Å². The van der Waals surface area contributed by atoms with Gasteiger partial charge in [-0.15, -0.1) is 0 Å². The number of methoxy groups -OCH3 is 1. The predicted molar refractivity (Wildman–Crippen MR) is 101 cm³/mol. The van der Waals surface area contributed by atoms with Crippen LogP contribution >= 0.6 is 8.60 Å². The van der Waals surface area contributed by atoms with Crippen LogP contribution in [0.15, 0.2) is 0 Å². The van der Waals surface area contributed by atoms with Gasteiger partial charge in [0.1, 0.15) is 0 Å². The Bertz CT molecular complexity index is 254. The van der Waals surface area contributed by atoms with Crippen LogP contribution in [0.25, 0.3) is 0 Å². The van der Waals surface area contributed by atoms with E-state index in [1.807, 2.05) is 0 Å². The first-order valence-corrected chi connectivity index (χ1v) is 10.5. The molecule has 2 N–H and O–H groups in total. The second-order valence-electron chi connectivity index (χ2n) is 6.27. The zero-order chi connectivity index (χ0) is 18.6. The third-order valence-corrected chi connectivity index (χ3v) is 4.13. The second kappa shape index (κ2) is 20.8. The van der Waals surface area contributed by atoms with Crippen LogP contribution in [-0.2, 0) is 14.1 Å². The van der Waals surface area contributed by atoms with Gasteiger partial charge in [0.05, 0.1) is 13.2 Å². The molecule has 0 amide bonds. The lowest BCUT2D eigenvalue weighted by molar-refractivity contribution is -0.140. The van der Waals surface area contributed by atoms with Crippen molar-refractivity contribution in [2.75, 3.05) is 7.11 Å². The molecule has 0 radical (unpaired) electrons. The van der Waals surface area contributed by atoms with Gasteiger partial charge in [-0.05, 0) is 20.3 Å². The lowest BCUT2D eigenvalue weighted by Gasteiger charge is -2.04. The molecule has 146 valence electrons. The maximum absolute atomic E-state index is 10.8. The van der Waals surface area contributed by atoms with Crippen LogP contribution in [0.4, 0.5) is 0 Å². The molecule has 0 bridgehead atoms. The summed E-state index contributed by atoms with van der Waals surface area (Å²) in [4.78, 5) is 27.1. The molecular formula is C18H39O5P. The van der Waals surface area contributed by atoms with E-state index in [0.717, 1.165) is 6.42 Å². The molecule has 0 unspecified atom stereocenters. The van der Waals surface area contributed by atoms with E-state index in [4.69, 9.17) is 9.79 Å². The molecule has 5 nitrogen and oxygen atoms in total. The topological polar surface area (TPSA) is 76.0 Å². The third kappa shape index (κ3) is 26.7. The summed E-state index contributed by atoms with van der Waals surface area (Å²) in [5.41, 5.74) is 0. The van der Waals surface area contributed by atoms with Gasteiger partial charge in [0.2, 0.25) is 0 Å². The molecule has 0 aromatic heterocycles. The molecule has 0 saturated heterocycles. The molecule has 0 aromatic carbocycles. The summed E-state index contributed by atoms with van der Waals surface area (Å²) >= 11 is 0. The van der Waals surface area contributed by atoms with Crippen molar-refractivity contribution in [1.82, 2.24) is 0 Å². The number of esters is 1. The minimum absolute atomic E-state index is 0.0686. The number of unbranched alkanes of at least 4 members (excludes halogenated alkanes) is 10. The maximum Gasteiger partial charge on any atom is 0.327 e. The first kappa shape index (κ1) is 26.0. The van der Waals surface area contributed by atoms with E-state index in [9.17, 15) is 4.79 Å². The van der Waals surface area contributed by atoms with Gasteiger partial charge in [-0.3, -0.25) is 4.79 Å². The molecule has 0 aliphatic rings. The molecule has 0 fully saturated rings. The van der Waals surface area contributed by atoms with Crippen LogP contribution in [0.3, 0.4) is 0 Å². The molecule has 0 heterocycles. The van der Waals surface area contributed by atoms with Crippen molar-refractivity contribution in [2.45, 2.75) is 104 Å². The lowest BCUT2D eigenvalue weighted by Crippen LogP contribution is -1.99. The highest BCUT2D eigenvalue weighted by molar-refractivity contribution is 7.39. The third-order valence-electron chi connectivity index (χ3n) is 3.52. The predicted octanol–water partition coefficient (Wildman–Crippen LogP) is 5.48. The summed E-state index contributed by atoms with van der Waals surface area (Å²) in [6.45, 7) is 5.73. The summed E-state index contributed by atoms with van der Waals surface area (Å²) in [7, 11) is -0.681. The van der Waals surface area contributed by atoms with Crippen LogP contribution < -0.4 is 0 Å². The van der Waals surface area contributed by atoms with E-state index in [0.29, 0.717) is 6.42 Å². The first-order valence-electron chi connectivity index (χ1n) is 9.35. The summed E-state index contributed by atoms with van der Waals surface area (Å²) in [5.74, 6) is -0.0686. The van der Waals surface area contributed by atoms with Gasteiger partial charge >= 0.3 is 14.6 Å². The fraction of sp³-hybridized carbons (Fsp3) is 0.944. The zero-order valence-corrected chi connectivity index (χ0v) is 17.0. The SMILES string of the molecule is CC(C)OP(O)O.CCCCCCCCCCCCCC(=O)OC. The molecule has 0 aliphatic heterocycles.